The summed E-state index contributed by atoms with van der Waals surface area (Å²) in [5.74, 6) is 0.456. The Bertz CT molecular complexity index is 495. The highest BCUT2D eigenvalue weighted by Gasteiger charge is 2.19. The van der Waals surface area contributed by atoms with E-state index in [0.29, 0.717) is 17.0 Å². The van der Waals surface area contributed by atoms with Crippen LogP contribution < -0.4 is 5.73 Å². The molecule has 3 nitrogen and oxygen atoms in total. The lowest BCUT2D eigenvalue weighted by Crippen LogP contribution is -2.18. The Morgan fingerprint density at radius 2 is 2.25 bits per heavy atom. The van der Waals surface area contributed by atoms with Crippen molar-refractivity contribution < 1.29 is 8.81 Å². The second-order valence-electron chi connectivity index (χ2n) is 4.08. The summed E-state index contributed by atoms with van der Waals surface area (Å²) in [6, 6.07) is 4.04. The fraction of sp³-hybridized carbons (Fsp3) is 0.417. The van der Waals surface area contributed by atoms with Gasteiger partial charge in [-0.1, -0.05) is 20.3 Å². The van der Waals surface area contributed by atoms with Crippen molar-refractivity contribution in [2.75, 3.05) is 0 Å². The number of rotatable bonds is 3. The molecule has 1 aromatic carbocycles. The number of nitrogens with zero attached hydrogens (tertiary/aromatic N) is 1. The van der Waals surface area contributed by atoms with Crippen LogP contribution in [0.3, 0.4) is 0 Å². The fourth-order valence-electron chi connectivity index (χ4n) is 1.56. The Balaban J connectivity index is 2.39. The molecule has 16 heavy (non-hydrogen) atoms. The second-order valence-corrected chi connectivity index (χ2v) is 4.08. The van der Waals surface area contributed by atoms with Gasteiger partial charge in [0.25, 0.3) is 0 Å². The summed E-state index contributed by atoms with van der Waals surface area (Å²) in [5, 5.41) is 0. The van der Waals surface area contributed by atoms with Gasteiger partial charge < -0.3 is 10.2 Å². The molecule has 0 amide bonds. The van der Waals surface area contributed by atoms with Gasteiger partial charge in [-0.3, -0.25) is 0 Å². The van der Waals surface area contributed by atoms with E-state index in [2.05, 4.69) is 11.9 Å². The van der Waals surface area contributed by atoms with Crippen LogP contribution in [0.1, 0.15) is 32.2 Å². The molecule has 0 aliphatic carbocycles. The summed E-state index contributed by atoms with van der Waals surface area (Å²) < 4.78 is 18.5. The first-order valence-electron chi connectivity index (χ1n) is 5.43. The Kier molecular flexibility index (Phi) is 2.92. The minimum Gasteiger partial charge on any atom is -0.439 e. The first kappa shape index (κ1) is 11.1. The first-order chi connectivity index (χ1) is 7.61. The van der Waals surface area contributed by atoms with Gasteiger partial charge in [-0.15, -0.1) is 0 Å². The van der Waals surface area contributed by atoms with E-state index >= 15 is 0 Å². The van der Waals surface area contributed by atoms with Gasteiger partial charge in [0, 0.05) is 6.07 Å². The van der Waals surface area contributed by atoms with E-state index in [9.17, 15) is 4.39 Å². The van der Waals surface area contributed by atoms with Crippen LogP contribution in [0.15, 0.2) is 22.6 Å². The third-order valence-electron chi connectivity index (χ3n) is 2.91. The molecule has 0 aliphatic rings. The number of aromatic nitrogens is 1. The van der Waals surface area contributed by atoms with E-state index in [1.807, 2.05) is 6.92 Å². The number of fused-ring (bicyclic) bond motifs is 1. The van der Waals surface area contributed by atoms with Crippen molar-refractivity contribution >= 4 is 11.1 Å². The van der Waals surface area contributed by atoms with Crippen LogP contribution in [-0.4, -0.2) is 4.98 Å². The maximum atomic E-state index is 13.0. The summed E-state index contributed by atoms with van der Waals surface area (Å²) in [6.45, 7) is 4.10. The van der Waals surface area contributed by atoms with Crippen molar-refractivity contribution in [1.29, 1.82) is 0 Å². The van der Waals surface area contributed by atoms with Crippen LogP contribution in [0.5, 0.6) is 0 Å². The summed E-state index contributed by atoms with van der Waals surface area (Å²) in [5.41, 5.74) is 7.10. The Labute approximate surface area is 93.5 Å². The van der Waals surface area contributed by atoms with Crippen LogP contribution in [0, 0.1) is 11.7 Å². The van der Waals surface area contributed by atoms with Crippen LogP contribution in [0.4, 0.5) is 4.39 Å². The van der Waals surface area contributed by atoms with Gasteiger partial charge in [0.05, 0.1) is 6.04 Å². The summed E-state index contributed by atoms with van der Waals surface area (Å²) >= 11 is 0. The molecule has 0 spiro atoms. The van der Waals surface area contributed by atoms with E-state index in [4.69, 9.17) is 10.2 Å². The fourth-order valence-corrected chi connectivity index (χ4v) is 1.56. The van der Waals surface area contributed by atoms with Crippen LogP contribution >= 0.6 is 0 Å². The van der Waals surface area contributed by atoms with Crippen molar-refractivity contribution in [3.63, 3.8) is 0 Å². The molecule has 0 bridgehead atoms. The monoisotopic (exact) mass is 222 g/mol. The predicted molar refractivity (Wildman–Crippen MR) is 60.4 cm³/mol. The number of halogens is 1. The van der Waals surface area contributed by atoms with Crippen molar-refractivity contribution in [1.82, 2.24) is 4.98 Å². The number of hydrogen-bond acceptors (Lipinski definition) is 3. The highest BCUT2D eigenvalue weighted by atomic mass is 19.1. The predicted octanol–water partition coefficient (Wildman–Crippen LogP) is 3.01. The van der Waals surface area contributed by atoms with Gasteiger partial charge in [0.1, 0.15) is 11.3 Å². The Hall–Kier alpha value is -1.42. The Morgan fingerprint density at radius 3 is 2.94 bits per heavy atom. The molecule has 0 saturated carbocycles. The summed E-state index contributed by atoms with van der Waals surface area (Å²) in [4.78, 5) is 4.21. The largest absolute Gasteiger partial charge is 0.439 e. The van der Waals surface area contributed by atoms with E-state index in [1.165, 1.54) is 12.1 Å². The number of hydrogen-bond donors (Lipinski definition) is 1. The van der Waals surface area contributed by atoms with Crippen LogP contribution in [0.2, 0.25) is 0 Å². The number of oxazole rings is 1. The van der Waals surface area contributed by atoms with Gasteiger partial charge in [-0.25, -0.2) is 9.37 Å². The number of benzene rings is 1. The summed E-state index contributed by atoms with van der Waals surface area (Å²) in [7, 11) is 0. The van der Waals surface area contributed by atoms with Crippen molar-refractivity contribution in [3.05, 3.63) is 29.9 Å². The molecule has 0 fully saturated rings. The van der Waals surface area contributed by atoms with E-state index in [-0.39, 0.29) is 17.8 Å². The maximum absolute atomic E-state index is 13.0. The quantitative estimate of drug-likeness (QED) is 0.868. The molecule has 2 unspecified atom stereocenters. The Morgan fingerprint density at radius 1 is 1.50 bits per heavy atom. The second kappa shape index (κ2) is 4.22. The third kappa shape index (κ3) is 1.93. The van der Waals surface area contributed by atoms with Crippen molar-refractivity contribution in [3.8, 4) is 0 Å². The smallest absolute Gasteiger partial charge is 0.212 e. The zero-order chi connectivity index (χ0) is 11.7. The van der Waals surface area contributed by atoms with E-state index in [0.717, 1.165) is 6.42 Å². The molecule has 4 heteroatoms. The van der Waals surface area contributed by atoms with Crippen LogP contribution in [-0.2, 0) is 0 Å². The van der Waals surface area contributed by atoms with E-state index in [1.54, 1.807) is 6.07 Å². The molecule has 86 valence electrons. The molecule has 1 heterocycles. The van der Waals surface area contributed by atoms with Gasteiger partial charge in [-0.2, -0.15) is 0 Å². The molecule has 0 saturated heterocycles. The lowest BCUT2D eigenvalue weighted by Gasteiger charge is -2.13. The normalized spacial score (nSPS) is 15.2. The van der Waals surface area contributed by atoms with Gasteiger partial charge >= 0.3 is 0 Å². The van der Waals surface area contributed by atoms with E-state index < -0.39 is 0 Å². The highest BCUT2D eigenvalue weighted by molar-refractivity contribution is 5.72. The topological polar surface area (TPSA) is 52.0 Å². The molecule has 2 N–H and O–H groups in total. The first-order valence-corrected chi connectivity index (χ1v) is 5.43. The molecular formula is C12H15FN2O. The minimum atomic E-state index is -0.315. The minimum absolute atomic E-state index is 0.236. The molecule has 2 aromatic rings. The molecular weight excluding hydrogens is 207 g/mol. The van der Waals surface area contributed by atoms with Gasteiger partial charge in [0.2, 0.25) is 5.89 Å². The highest BCUT2D eigenvalue weighted by Crippen LogP contribution is 2.25. The molecule has 1 aromatic heterocycles. The van der Waals surface area contributed by atoms with Gasteiger partial charge in [0.15, 0.2) is 5.58 Å². The van der Waals surface area contributed by atoms with Crippen molar-refractivity contribution in [2.24, 2.45) is 11.7 Å². The average Bonchev–Trinajstić information content (AvgIpc) is 2.69. The zero-order valence-corrected chi connectivity index (χ0v) is 9.40. The average molecular weight is 222 g/mol. The van der Waals surface area contributed by atoms with Crippen LogP contribution in [0.25, 0.3) is 11.1 Å². The number of nitrogens with two attached hydrogens (primary N) is 1. The molecule has 0 radical (unpaired) electrons. The molecule has 2 rings (SSSR count). The third-order valence-corrected chi connectivity index (χ3v) is 2.91. The molecule has 2 atom stereocenters. The lowest BCUT2D eigenvalue weighted by molar-refractivity contribution is 0.375. The maximum Gasteiger partial charge on any atom is 0.212 e. The van der Waals surface area contributed by atoms with Crippen molar-refractivity contribution in [2.45, 2.75) is 26.3 Å². The SMILES string of the molecule is CCC(C)C(N)c1nc2cc(F)ccc2o1. The zero-order valence-electron chi connectivity index (χ0n) is 9.40. The lowest BCUT2D eigenvalue weighted by atomic mass is 10.0. The summed E-state index contributed by atoms with van der Waals surface area (Å²) in [6.07, 6.45) is 0.953. The standard InChI is InChI=1S/C12H15FN2O/c1-3-7(2)11(14)12-15-9-6-8(13)4-5-10(9)16-12/h4-7,11H,3,14H2,1-2H3. The molecule has 0 aliphatic heterocycles. The van der Waals surface area contributed by atoms with Gasteiger partial charge in [-0.05, 0) is 18.1 Å².